The van der Waals surface area contributed by atoms with Crippen LogP contribution in [-0.4, -0.2) is 39.9 Å². The van der Waals surface area contributed by atoms with Crippen LogP contribution >= 0.6 is 11.3 Å². The number of hydrogen-bond acceptors (Lipinski definition) is 6. The summed E-state index contributed by atoms with van der Waals surface area (Å²) >= 11 is 1.48. The number of carbonyl (C=O) groups excluding carboxylic acids is 1. The van der Waals surface area contributed by atoms with Crippen LogP contribution in [0.5, 0.6) is 5.88 Å². The zero-order chi connectivity index (χ0) is 22.0. The molecule has 0 aliphatic heterocycles. The molecule has 0 N–H and O–H groups in total. The molecule has 164 valence electrons. The van der Waals surface area contributed by atoms with Crippen molar-refractivity contribution in [1.82, 2.24) is 19.9 Å². The zero-order valence-electron chi connectivity index (χ0n) is 18.7. The number of ether oxygens (including phenoxy) is 1. The van der Waals surface area contributed by atoms with Crippen molar-refractivity contribution in [2.45, 2.75) is 58.4 Å². The highest BCUT2D eigenvalue weighted by Gasteiger charge is 2.27. The second-order valence-electron chi connectivity index (χ2n) is 8.49. The number of nitrogens with zero attached hydrogens (tertiary/aromatic N) is 4. The number of aromatic nitrogens is 3. The average Bonchev–Trinajstić information content (AvgIpc) is 3.15. The number of fused-ring (bicyclic) bond motifs is 1. The second-order valence-corrected chi connectivity index (χ2v) is 9.49. The molecule has 0 atom stereocenters. The minimum atomic E-state index is 0.0110. The minimum Gasteiger partial charge on any atom is -0.481 e. The van der Waals surface area contributed by atoms with Crippen molar-refractivity contribution in [3.63, 3.8) is 0 Å². The van der Waals surface area contributed by atoms with Crippen LogP contribution in [0.2, 0.25) is 0 Å². The standard InChI is InChI=1S/C24H30N4O2S/c1-5-16-6-8-18(9-7-16)21-20-15(2)22(31-23(20)27-14-26-21)24(29)28(3)13-17-10-11-25-19(12-17)30-4/h10-12,14,16,18H,5-9,13H2,1-4H3. The molecule has 3 aromatic heterocycles. The summed E-state index contributed by atoms with van der Waals surface area (Å²) in [5.41, 5.74) is 3.13. The number of pyridine rings is 1. The number of thiophene rings is 1. The lowest BCUT2D eigenvalue weighted by molar-refractivity contribution is 0.0789. The lowest BCUT2D eigenvalue weighted by atomic mass is 9.78. The van der Waals surface area contributed by atoms with Gasteiger partial charge in [0.15, 0.2) is 0 Å². The summed E-state index contributed by atoms with van der Waals surface area (Å²) in [7, 11) is 3.42. The van der Waals surface area contributed by atoms with Crippen molar-refractivity contribution in [3.05, 3.63) is 46.4 Å². The quantitative estimate of drug-likeness (QED) is 0.518. The van der Waals surface area contributed by atoms with E-state index in [9.17, 15) is 4.79 Å². The van der Waals surface area contributed by atoms with Crippen LogP contribution in [0, 0.1) is 12.8 Å². The summed E-state index contributed by atoms with van der Waals surface area (Å²) < 4.78 is 5.20. The van der Waals surface area contributed by atoms with Gasteiger partial charge in [0.2, 0.25) is 5.88 Å². The van der Waals surface area contributed by atoms with Gasteiger partial charge in [0.05, 0.1) is 17.7 Å². The molecule has 1 fully saturated rings. The Morgan fingerprint density at radius 3 is 2.71 bits per heavy atom. The van der Waals surface area contributed by atoms with Crippen LogP contribution in [0.15, 0.2) is 24.7 Å². The van der Waals surface area contributed by atoms with E-state index in [4.69, 9.17) is 9.72 Å². The van der Waals surface area contributed by atoms with Gasteiger partial charge in [0.25, 0.3) is 5.91 Å². The third-order valence-corrected chi connectivity index (χ3v) is 7.72. The fourth-order valence-electron chi connectivity index (χ4n) is 4.64. The van der Waals surface area contributed by atoms with Gasteiger partial charge in [-0.3, -0.25) is 4.79 Å². The van der Waals surface area contributed by atoms with E-state index in [1.807, 2.05) is 26.1 Å². The Balaban J connectivity index is 1.59. The van der Waals surface area contributed by atoms with E-state index in [2.05, 4.69) is 16.9 Å². The van der Waals surface area contributed by atoms with Crippen molar-refractivity contribution in [3.8, 4) is 5.88 Å². The smallest absolute Gasteiger partial charge is 0.264 e. The largest absolute Gasteiger partial charge is 0.481 e. The highest BCUT2D eigenvalue weighted by atomic mass is 32.1. The van der Waals surface area contributed by atoms with Gasteiger partial charge in [-0.05, 0) is 55.7 Å². The van der Waals surface area contributed by atoms with Crippen LogP contribution in [0.3, 0.4) is 0 Å². The molecule has 7 heteroatoms. The maximum Gasteiger partial charge on any atom is 0.264 e. The number of hydrogen-bond donors (Lipinski definition) is 0. The molecule has 0 unspecified atom stereocenters. The van der Waals surface area contributed by atoms with Crippen molar-refractivity contribution in [2.75, 3.05) is 14.2 Å². The van der Waals surface area contributed by atoms with Gasteiger partial charge in [-0.25, -0.2) is 15.0 Å². The third kappa shape index (κ3) is 4.42. The van der Waals surface area contributed by atoms with Crippen LogP contribution in [-0.2, 0) is 6.54 Å². The van der Waals surface area contributed by atoms with E-state index in [0.29, 0.717) is 18.3 Å². The molecule has 0 bridgehead atoms. The number of rotatable bonds is 6. The molecule has 3 aromatic rings. The number of carbonyl (C=O) groups is 1. The van der Waals surface area contributed by atoms with Crippen molar-refractivity contribution in [2.24, 2.45) is 5.92 Å². The van der Waals surface area contributed by atoms with E-state index in [1.54, 1.807) is 24.5 Å². The van der Waals surface area contributed by atoms with Crippen LogP contribution < -0.4 is 4.74 Å². The molecular weight excluding hydrogens is 408 g/mol. The fourth-order valence-corrected chi connectivity index (χ4v) is 5.79. The Hall–Kier alpha value is -2.54. The summed E-state index contributed by atoms with van der Waals surface area (Å²) in [5.74, 6) is 1.87. The maximum atomic E-state index is 13.3. The molecule has 0 saturated heterocycles. The molecule has 31 heavy (non-hydrogen) atoms. The molecule has 0 radical (unpaired) electrons. The Morgan fingerprint density at radius 2 is 2.00 bits per heavy atom. The predicted molar refractivity (Wildman–Crippen MR) is 124 cm³/mol. The van der Waals surface area contributed by atoms with E-state index in [-0.39, 0.29) is 5.91 Å². The van der Waals surface area contributed by atoms with Crippen LogP contribution in [0.1, 0.15) is 71.4 Å². The SMILES string of the molecule is CCC1CCC(c2ncnc3sc(C(=O)N(C)Cc4ccnc(OC)c4)c(C)c23)CC1. The summed E-state index contributed by atoms with van der Waals surface area (Å²) in [6.07, 6.45) is 9.50. The van der Waals surface area contributed by atoms with Gasteiger partial charge in [0.1, 0.15) is 11.2 Å². The van der Waals surface area contributed by atoms with Gasteiger partial charge in [-0.2, -0.15) is 0 Å². The maximum absolute atomic E-state index is 13.3. The van der Waals surface area contributed by atoms with Gasteiger partial charge in [0, 0.05) is 37.2 Å². The molecule has 1 amide bonds. The fraction of sp³-hybridized carbons (Fsp3) is 0.500. The Labute approximate surface area is 187 Å². The van der Waals surface area contributed by atoms with Gasteiger partial charge < -0.3 is 9.64 Å². The summed E-state index contributed by atoms with van der Waals surface area (Å²) in [6.45, 7) is 4.82. The molecule has 0 aromatic carbocycles. The molecule has 1 saturated carbocycles. The molecule has 6 nitrogen and oxygen atoms in total. The first-order valence-corrected chi connectivity index (χ1v) is 11.8. The molecule has 3 heterocycles. The monoisotopic (exact) mass is 438 g/mol. The van der Waals surface area contributed by atoms with Crippen LogP contribution in [0.25, 0.3) is 10.2 Å². The summed E-state index contributed by atoms with van der Waals surface area (Å²) in [6, 6.07) is 3.76. The van der Waals surface area contributed by atoms with Gasteiger partial charge in [-0.15, -0.1) is 11.3 Å². The molecule has 1 aliphatic rings. The van der Waals surface area contributed by atoms with Crippen LogP contribution in [0.4, 0.5) is 0 Å². The summed E-state index contributed by atoms with van der Waals surface area (Å²) in [4.78, 5) is 30.1. The third-order valence-electron chi connectivity index (χ3n) is 6.54. The van der Waals surface area contributed by atoms with Gasteiger partial charge in [-0.1, -0.05) is 13.3 Å². The normalized spacial score (nSPS) is 18.8. The minimum absolute atomic E-state index is 0.0110. The Bertz CT molecular complexity index is 1070. The first-order chi connectivity index (χ1) is 15.0. The zero-order valence-corrected chi connectivity index (χ0v) is 19.5. The van der Waals surface area contributed by atoms with E-state index >= 15 is 0 Å². The highest BCUT2D eigenvalue weighted by Crippen LogP contribution is 2.41. The van der Waals surface area contributed by atoms with E-state index in [1.165, 1.54) is 43.4 Å². The number of methoxy groups -OCH3 is 1. The van der Waals surface area contributed by atoms with Gasteiger partial charge >= 0.3 is 0 Å². The average molecular weight is 439 g/mol. The van der Waals surface area contributed by atoms with E-state index < -0.39 is 0 Å². The molecular formula is C24H30N4O2S. The van der Waals surface area contributed by atoms with Crippen molar-refractivity contribution < 1.29 is 9.53 Å². The Kier molecular flexibility index (Phi) is 6.51. The lowest BCUT2D eigenvalue weighted by Crippen LogP contribution is -2.26. The predicted octanol–water partition coefficient (Wildman–Crippen LogP) is 5.36. The topological polar surface area (TPSA) is 68.2 Å². The molecule has 4 rings (SSSR count). The molecule has 1 aliphatic carbocycles. The highest BCUT2D eigenvalue weighted by molar-refractivity contribution is 7.20. The molecule has 0 spiro atoms. The lowest BCUT2D eigenvalue weighted by Gasteiger charge is -2.27. The number of amides is 1. The second kappa shape index (κ2) is 9.30. The number of aryl methyl sites for hydroxylation is 1. The first-order valence-electron chi connectivity index (χ1n) is 11.0. The first kappa shape index (κ1) is 21.7. The van der Waals surface area contributed by atoms with Crippen molar-refractivity contribution in [1.29, 1.82) is 0 Å². The van der Waals surface area contributed by atoms with Crippen molar-refractivity contribution >= 4 is 27.5 Å². The summed E-state index contributed by atoms with van der Waals surface area (Å²) in [5, 5.41) is 1.09. The Morgan fingerprint density at radius 1 is 1.23 bits per heavy atom. The van der Waals surface area contributed by atoms with E-state index in [0.717, 1.165) is 37.8 Å².